The van der Waals surface area contributed by atoms with Crippen LogP contribution in [0.2, 0.25) is 0 Å². The number of hydrogen-bond donors (Lipinski definition) is 1. The maximum Gasteiger partial charge on any atom is 0.234 e. The number of nitrogens with one attached hydrogen (secondary N) is 1. The molecule has 1 atom stereocenters. The molecule has 0 aliphatic carbocycles. The van der Waals surface area contributed by atoms with Gasteiger partial charge in [-0.15, -0.1) is 0 Å². The first kappa shape index (κ1) is 12.8. The Morgan fingerprint density at radius 1 is 1.35 bits per heavy atom. The Bertz CT molecular complexity index is 254. The van der Waals surface area contributed by atoms with Gasteiger partial charge in [-0.05, 0) is 26.3 Å². The molecule has 1 N–H and O–H groups in total. The molecule has 2 fully saturated rings. The standard InChI is InChI=1S/C12H22N2O3/c1-2-13-11(15)9-14-6-4-3-5-10(14)12-16-7-8-17-12/h10,12H,2-9H2,1H3,(H,13,15). The van der Waals surface area contributed by atoms with E-state index in [1.807, 2.05) is 6.92 Å². The molecule has 2 aliphatic rings. The average Bonchev–Trinajstić information content (AvgIpc) is 2.83. The first-order valence-electron chi connectivity index (χ1n) is 6.55. The fraction of sp³-hybridized carbons (Fsp3) is 0.917. The summed E-state index contributed by atoms with van der Waals surface area (Å²) in [6.45, 7) is 5.40. The van der Waals surface area contributed by atoms with Crippen molar-refractivity contribution in [2.24, 2.45) is 0 Å². The quantitative estimate of drug-likeness (QED) is 0.773. The summed E-state index contributed by atoms with van der Waals surface area (Å²) in [5.74, 6) is 0.0948. The molecule has 0 spiro atoms. The van der Waals surface area contributed by atoms with E-state index < -0.39 is 0 Å². The lowest BCUT2D eigenvalue weighted by molar-refractivity contribution is -0.131. The molecule has 0 bridgehead atoms. The van der Waals surface area contributed by atoms with Crippen molar-refractivity contribution in [3.63, 3.8) is 0 Å². The third kappa shape index (κ3) is 3.40. The van der Waals surface area contributed by atoms with Gasteiger partial charge in [0, 0.05) is 6.54 Å². The number of rotatable bonds is 4. The van der Waals surface area contributed by atoms with Crippen LogP contribution in [-0.2, 0) is 14.3 Å². The van der Waals surface area contributed by atoms with E-state index in [9.17, 15) is 4.79 Å². The van der Waals surface area contributed by atoms with Gasteiger partial charge in [-0.25, -0.2) is 0 Å². The van der Waals surface area contributed by atoms with Crippen LogP contribution in [0.5, 0.6) is 0 Å². The van der Waals surface area contributed by atoms with Gasteiger partial charge in [-0.1, -0.05) is 6.42 Å². The Hall–Kier alpha value is -0.650. The molecular formula is C12H22N2O3. The third-order valence-corrected chi connectivity index (χ3v) is 3.35. The molecule has 2 rings (SSSR count). The molecule has 1 amide bonds. The summed E-state index contributed by atoms with van der Waals surface area (Å²) in [6, 6.07) is 0.244. The van der Waals surface area contributed by atoms with E-state index in [2.05, 4.69) is 10.2 Å². The fourth-order valence-electron chi connectivity index (χ4n) is 2.56. The molecule has 0 radical (unpaired) electrons. The summed E-state index contributed by atoms with van der Waals surface area (Å²) in [5.41, 5.74) is 0. The van der Waals surface area contributed by atoms with Crippen LogP contribution in [0.4, 0.5) is 0 Å². The van der Waals surface area contributed by atoms with Crippen LogP contribution in [0.1, 0.15) is 26.2 Å². The van der Waals surface area contributed by atoms with Crippen molar-refractivity contribution in [2.75, 3.05) is 32.8 Å². The second kappa shape index (κ2) is 6.33. The van der Waals surface area contributed by atoms with Crippen LogP contribution in [0.25, 0.3) is 0 Å². The van der Waals surface area contributed by atoms with Crippen LogP contribution < -0.4 is 5.32 Å². The molecule has 0 aromatic heterocycles. The Kier molecular flexibility index (Phi) is 4.76. The lowest BCUT2D eigenvalue weighted by Crippen LogP contribution is -2.50. The van der Waals surface area contributed by atoms with Crippen molar-refractivity contribution >= 4 is 5.91 Å². The second-order valence-corrected chi connectivity index (χ2v) is 4.60. The number of hydrogen-bond acceptors (Lipinski definition) is 4. The SMILES string of the molecule is CCNC(=O)CN1CCCCC1C1OCCO1. The first-order valence-corrected chi connectivity index (χ1v) is 6.55. The number of carbonyl (C=O) groups excluding carboxylic acids is 1. The summed E-state index contributed by atoms with van der Waals surface area (Å²) >= 11 is 0. The number of piperidine rings is 1. The number of nitrogens with zero attached hydrogens (tertiary/aromatic N) is 1. The van der Waals surface area contributed by atoms with E-state index in [1.54, 1.807) is 0 Å². The highest BCUT2D eigenvalue weighted by Crippen LogP contribution is 2.23. The predicted octanol–water partition coefficient (Wildman–Crippen LogP) is 0.350. The summed E-state index contributed by atoms with van der Waals surface area (Å²) in [6.07, 6.45) is 3.27. The molecule has 17 heavy (non-hydrogen) atoms. The molecule has 0 aromatic rings. The topological polar surface area (TPSA) is 50.8 Å². The molecule has 98 valence electrons. The molecule has 2 aliphatic heterocycles. The zero-order chi connectivity index (χ0) is 12.1. The molecule has 5 nitrogen and oxygen atoms in total. The zero-order valence-corrected chi connectivity index (χ0v) is 10.5. The van der Waals surface area contributed by atoms with Crippen LogP contribution in [0, 0.1) is 0 Å². The van der Waals surface area contributed by atoms with Gasteiger partial charge < -0.3 is 14.8 Å². The van der Waals surface area contributed by atoms with Gasteiger partial charge >= 0.3 is 0 Å². The van der Waals surface area contributed by atoms with Crippen molar-refractivity contribution < 1.29 is 14.3 Å². The van der Waals surface area contributed by atoms with Crippen molar-refractivity contribution in [3.8, 4) is 0 Å². The highest BCUT2D eigenvalue weighted by molar-refractivity contribution is 5.78. The van der Waals surface area contributed by atoms with Crippen molar-refractivity contribution in [2.45, 2.75) is 38.5 Å². The molecule has 0 saturated carbocycles. The smallest absolute Gasteiger partial charge is 0.234 e. The van der Waals surface area contributed by atoms with E-state index in [1.165, 1.54) is 6.42 Å². The second-order valence-electron chi connectivity index (χ2n) is 4.60. The Balaban J connectivity index is 1.89. The van der Waals surface area contributed by atoms with Gasteiger partial charge in [-0.2, -0.15) is 0 Å². The van der Waals surface area contributed by atoms with E-state index in [-0.39, 0.29) is 18.2 Å². The number of amides is 1. The van der Waals surface area contributed by atoms with Crippen LogP contribution >= 0.6 is 0 Å². The average molecular weight is 242 g/mol. The van der Waals surface area contributed by atoms with Crippen LogP contribution in [0.3, 0.4) is 0 Å². The van der Waals surface area contributed by atoms with E-state index >= 15 is 0 Å². The Labute approximate surface area is 102 Å². The van der Waals surface area contributed by atoms with Gasteiger partial charge in [0.2, 0.25) is 5.91 Å². The van der Waals surface area contributed by atoms with Crippen molar-refractivity contribution in [3.05, 3.63) is 0 Å². The predicted molar refractivity (Wildman–Crippen MR) is 63.6 cm³/mol. The fourth-order valence-corrected chi connectivity index (χ4v) is 2.56. The molecular weight excluding hydrogens is 220 g/mol. The molecule has 2 saturated heterocycles. The normalized spacial score (nSPS) is 27.2. The molecule has 2 heterocycles. The summed E-state index contributed by atoms with van der Waals surface area (Å²) < 4.78 is 11.1. The summed E-state index contributed by atoms with van der Waals surface area (Å²) in [5, 5.41) is 2.84. The highest BCUT2D eigenvalue weighted by atomic mass is 16.7. The number of likely N-dealkylation sites (N-methyl/N-ethyl adjacent to an activating group) is 1. The first-order chi connectivity index (χ1) is 8.31. The summed E-state index contributed by atoms with van der Waals surface area (Å²) in [7, 11) is 0. The number of ether oxygens (including phenoxy) is 2. The van der Waals surface area contributed by atoms with Crippen molar-refractivity contribution in [1.82, 2.24) is 10.2 Å². The number of likely N-dealkylation sites (tertiary alicyclic amines) is 1. The zero-order valence-electron chi connectivity index (χ0n) is 10.5. The van der Waals surface area contributed by atoms with Gasteiger partial charge in [0.15, 0.2) is 6.29 Å². The maximum absolute atomic E-state index is 11.6. The largest absolute Gasteiger partial charge is 0.355 e. The van der Waals surface area contributed by atoms with Crippen LogP contribution in [0.15, 0.2) is 0 Å². The van der Waals surface area contributed by atoms with Gasteiger partial charge in [-0.3, -0.25) is 9.69 Å². The van der Waals surface area contributed by atoms with E-state index in [0.29, 0.717) is 26.3 Å². The molecule has 1 unspecified atom stereocenters. The minimum atomic E-state index is -0.135. The lowest BCUT2D eigenvalue weighted by atomic mass is 10.0. The van der Waals surface area contributed by atoms with Crippen molar-refractivity contribution in [1.29, 1.82) is 0 Å². The summed E-state index contributed by atoms with van der Waals surface area (Å²) in [4.78, 5) is 13.8. The Morgan fingerprint density at radius 2 is 2.12 bits per heavy atom. The maximum atomic E-state index is 11.6. The highest BCUT2D eigenvalue weighted by Gasteiger charge is 2.34. The Morgan fingerprint density at radius 3 is 2.82 bits per heavy atom. The lowest BCUT2D eigenvalue weighted by Gasteiger charge is -2.37. The third-order valence-electron chi connectivity index (χ3n) is 3.35. The minimum absolute atomic E-state index is 0.0948. The monoisotopic (exact) mass is 242 g/mol. The van der Waals surface area contributed by atoms with E-state index in [0.717, 1.165) is 19.4 Å². The van der Waals surface area contributed by atoms with Gasteiger partial charge in [0.1, 0.15) is 0 Å². The van der Waals surface area contributed by atoms with Crippen LogP contribution in [-0.4, -0.2) is 56.0 Å². The number of carbonyl (C=O) groups is 1. The molecule has 5 heteroatoms. The van der Waals surface area contributed by atoms with E-state index in [4.69, 9.17) is 9.47 Å². The minimum Gasteiger partial charge on any atom is -0.355 e. The van der Waals surface area contributed by atoms with Gasteiger partial charge in [0.05, 0.1) is 25.8 Å². The van der Waals surface area contributed by atoms with Gasteiger partial charge in [0.25, 0.3) is 0 Å². The molecule has 0 aromatic carbocycles.